The van der Waals surface area contributed by atoms with Crippen LogP contribution in [0.3, 0.4) is 0 Å². The molecule has 2 aromatic carbocycles. The highest BCUT2D eigenvalue weighted by molar-refractivity contribution is 7.89. The largest absolute Gasteiger partial charge is 0.484 e. The smallest absolute Gasteiger partial charge is 0.264 e. The third-order valence-corrected chi connectivity index (χ3v) is 5.66. The van der Waals surface area contributed by atoms with Gasteiger partial charge in [0.05, 0.1) is 4.90 Å². The first-order valence-corrected chi connectivity index (χ1v) is 9.60. The molecule has 27 heavy (non-hydrogen) atoms. The van der Waals surface area contributed by atoms with E-state index in [2.05, 4.69) is 10.1 Å². The lowest BCUT2D eigenvalue weighted by molar-refractivity contribution is 0.242. The molecule has 0 saturated heterocycles. The number of halogens is 1. The van der Waals surface area contributed by atoms with Crippen molar-refractivity contribution in [3.8, 4) is 5.75 Å². The van der Waals surface area contributed by atoms with Crippen molar-refractivity contribution in [1.82, 2.24) is 14.4 Å². The number of nitrogens with zero attached hydrogens (tertiary/aromatic N) is 3. The van der Waals surface area contributed by atoms with E-state index in [-0.39, 0.29) is 24.5 Å². The lowest BCUT2D eigenvalue weighted by atomic mass is 10.3. The summed E-state index contributed by atoms with van der Waals surface area (Å²) in [6, 6.07) is 13.9. The van der Waals surface area contributed by atoms with Gasteiger partial charge in [0, 0.05) is 20.0 Å². The van der Waals surface area contributed by atoms with Crippen LogP contribution in [-0.2, 0) is 23.1 Å². The molecule has 0 spiro atoms. The minimum Gasteiger partial charge on any atom is -0.484 e. The summed E-state index contributed by atoms with van der Waals surface area (Å²) in [5, 5.41) is 3.83. The summed E-state index contributed by atoms with van der Waals surface area (Å²) in [4.78, 5) is 4.21. The van der Waals surface area contributed by atoms with E-state index in [4.69, 9.17) is 9.26 Å². The molecule has 3 rings (SSSR count). The Morgan fingerprint density at radius 2 is 1.81 bits per heavy atom. The molecule has 9 heteroatoms. The molecule has 0 saturated carbocycles. The van der Waals surface area contributed by atoms with Crippen LogP contribution in [0.25, 0.3) is 0 Å². The fourth-order valence-corrected chi connectivity index (χ4v) is 3.45. The average molecular weight is 391 g/mol. The zero-order chi connectivity index (χ0) is 19.3. The standard InChI is InChI=1S/C18H18FN3O4S/c1-22(27(23,24)16-9-7-14(19)8-10-16)12-11-17-20-18(26-21-17)13-25-15-5-3-2-4-6-15/h2-10H,11-13H2,1H3. The average Bonchev–Trinajstić information content (AvgIpc) is 3.13. The van der Waals surface area contributed by atoms with Gasteiger partial charge >= 0.3 is 0 Å². The van der Waals surface area contributed by atoms with Gasteiger partial charge in [-0.05, 0) is 36.4 Å². The van der Waals surface area contributed by atoms with Gasteiger partial charge in [-0.15, -0.1) is 0 Å². The highest BCUT2D eigenvalue weighted by Gasteiger charge is 2.21. The lowest BCUT2D eigenvalue weighted by Gasteiger charge is -2.16. The first-order chi connectivity index (χ1) is 12.9. The van der Waals surface area contributed by atoms with Crippen LogP contribution in [0.4, 0.5) is 4.39 Å². The first kappa shape index (κ1) is 19.0. The van der Waals surface area contributed by atoms with E-state index in [1.165, 1.54) is 19.2 Å². The van der Waals surface area contributed by atoms with E-state index < -0.39 is 15.8 Å². The highest BCUT2D eigenvalue weighted by Crippen LogP contribution is 2.15. The van der Waals surface area contributed by atoms with Gasteiger partial charge in [-0.2, -0.15) is 4.98 Å². The van der Waals surface area contributed by atoms with Crippen molar-refractivity contribution in [2.24, 2.45) is 0 Å². The first-order valence-electron chi connectivity index (χ1n) is 8.16. The van der Waals surface area contributed by atoms with Gasteiger partial charge in [0.15, 0.2) is 12.4 Å². The monoisotopic (exact) mass is 391 g/mol. The summed E-state index contributed by atoms with van der Waals surface area (Å²) in [5.74, 6) is 0.872. The van der Waals surface area contributed by atoms with Gasteiger partial charge in [0.25, 0.3) is 5.89 Å². The molecule has 0 unspecified atom stereocenters. The maximum Gasteiger partial charge on any atom is 0.264 e. The van der Waals surface area contributed by atoms with Gasteiger partial charge in [-0.25, -0.2) is 17.1 Å². The molecule has 0 fully saturated rings. The number of aromatic nitrogens is 2. The molecule has 0 aliphatic carbocycles. The van der Waals surface area contributed by atoms with Crippen LogP contribution in [0.1, 0.15) is 11.7 Å². The van der Waals surface area contributed by atoms with Crippen LogP contribution < -0.4 is 4.74 Å². The lowest BCUT2D eigenvalue weighted by Crippen LogP contribution is -2.29. The van der Waals surface area contributed by atoms with Crippen molar-refractivity contribution in [2.45, 2.75) is 17.9 Å². The van der Waals surface area contributed by atoms with E-state index >= 15 is 0 Å². The zero-order valence-electron chi connectivity index (χ0n) is 14.6. The maximum absolute atomic E-state index is 13.0. The number of hydrogen-bond donors (Lipinski definition) is 0. The van der Waals surface area contributed by atoms with Gasteiger partial charge in [0.2, 0.25) is 10.0 Å². The van der Waals surface area contributed by atoms with Crippen LogP contribution >= 0.6 is 0 Å². The number of sulfonamides is 1. The molecule has 0 atom stereocenters. The van der Waals surface area contributed by atoms with Gasteiger partial charge in [-0.1, -0.05) is 23.4 Å². The topological polar surface area (TPSA) is 85.5 Å². The SMILES string of the molecule is CN(CCc1noc(COc2ccccc2)n1)S(=O)(=O)c1ccc(F)cc1. The van der Waals surface area contributed by atoms with Crippen molar-refractivity contribution in [2.75, 3.05) is 13.6 Å². The molecule has 1 heterocycles. The number of hydrogen-bond acceptors (Lipinski definition) is 6. The van der Waals surface area contributed by atoms with Crippen molar-refractivity contribution in [3.63, 3.8) is 0 Å². The van der Waals surface area contributed by atoms with Gasteiger partial charge < -0.3 is 9.26 Å². The molecular weight excluding hydrogens is 373 g/mol. The van der Waals surface area contributed by atoms with Crippen LogP contribution in [-0.4, -0.2) is 36.5 Å². The van der Waals surface area contributed by atoms with Crippen LogP contribution in [0.2, 0.25) is 0 Å². The fourth-order valence-electron chi connectivity index (χ4n) is 2.28. The predicted octanol–water partition coefficient (Wildman–Crippen LogP) is 2.65. The second-order valence-electron chi connectivity index (χ2n) is 5.74. The van der Waals surface area contributed by atoms with Crippen molar-refractivity contribution < 1.29 is 22.1 Å². The molecule has 0 radical (unpaired) electrons. The normalized spacial score (nSPS) is 11.7. The molecule has 0 bridgehead atoms. The van der Waals surface area contributed by atoms with Crippen LogP contribution in [0, 0.1) is 5.82 Å². The number of likely N-dealkylation sites (N-methyl/N-ethyl adjacent to an activating group) is 1. The van der Waals surface area contributed by atoms with Crippen LogP contribution in [0.5, 0.6) is 5.75 Å². The second kappa shape index (κ2) is 8.28. The molecular formula is C18H18FN3O4S. The third kappa shape index (κ3) is 4.89. The minimum absolute atomic E-state index is 0.0245. The van der Waals surface area contributed by atoms with Crippen molar-refractivity contribution in [3.05, 3.63) is 72.1 Å². The molecule has 3 aromatic rings. The molecule has 0 aliphatic heterocycles. The third-order valence-electron chi connectivity index (χ3n) is 3.79. The Labute approximate surface area is 156 Å². The van der Waals surface area contributed by atoms with Crippen molar-refractivity contribution in [1.29, 1.82) is 0 Å². The highest BCUT2D eigenvalue weighted by atomic mass is 32.2. The Balaban J connectivity index is 1.55. The zero-order valence-corrected chi connectivity index (χ0v) is 15.4. The summed E-state index contributed by atoms with van der Waals surface area (Å²) in [5.41, 5.74) is 0. The van der Waals surface area contributed by atoms with Gasteiger partial charge in [0.1, 0.15) is 11.6 Å². The molecule has 0 N–H and O–H groups in total. The summed E-state index contributed by atoms with van der Waals surface area (Å²) in [7, 11) is -2.27. The second-order valence-corrected chi connectivity index (χ2v) is 7.78. The summed E-state index contributed by atoms with van der Waals surface area (Å²) < 4.78 is 49.7. The molecule has 142 valence electrons. The minimum atomic E-state index is -3.71. The Morgan fingerprint density at radius 3 is 2.52 bits per heavy atom. The molecule has 7 nitrogen and oxygen atoms in total. The number of rotatable bonds is 8. The van der Waals surface area contributed by atoms with Gasteiger partial charge in [-0.3, -0.25) is 0 Å². The van der Waals surface area contributed by atoms with Crippen molar-refractivity contribution >= 4 is 10.0 Å². The summed E-state index contributed by atoms with van der Waals surface area (Å²) >= 11 is 0. The van der Waals surface area contributed by atoms with E-state index in [0.717, 1.165) is 16.4 Å². The maximum atomic E-state index is 13.0. The Hall–Kier alpha value is -2.78. The number of para-hydroxylation sites is 1. The van der Waals surface area contributed by atoms with E-state index in [0.29, 0.717) is 17.5 Å². The number of benzene rings is 2. The number of ether oxygens (including phenoxy) is 1. The summed E-state index contributed by atoms with van der Waals surface area (Å²) in [6.45, 7) is 0.277. The predicted molar refractivity (Wildman–Crippen MR) is 95.0 cm³/mol. The fraction of sp³-hybridized carbons (Fsp3) is 0.222. The van der Waals surface area contributed by atoms with E-state index in [1.807, 2.05) is 30.3 Å². The summed E-state index contributed by atoms with van der Waals surface area (Å²) in [6.07, 6.45) is 0.270. The van der Waals surface area contributed by atoms with E-state index in [9.17, 15) is 12.8 Å². The Morgan fingerprint density at radius 1 is 1.11 bits per heavy atom. The Kier molecular flexibility index (Phi) is 5.82. The quantitative estimate of drug-likeness (QED) is 0.587. The Bertz CT molecular complexity index is 975. The molecule has 0 amide bonds. The van der Waals surface area contributed by atoms with Crippen LogP contribution in [0.15, 0.2) is 64.0 Å². The van der Waals surface area contributed by atoms with E-state index in [1.54, 1.807) is 0 Å². The molecule has 1 aromatic heterocycles. The molecule has 0 aliphatic rings.